The van der Waals surface area contributed by atoms with Crippen molar-refractivity contribution in [2.24, 2.45) is 0 Å². The molecule has 106 valence electrons. The summed E-state index contributed by atoms with van der Waals surface area (Å²) < 4.78 is 27.2. The van der Waals surface area contributed by atoms with E-state index in [0.717, 1.165) is 4.47 Å². The first-order valence-electron chi connectivity index (χ1n) is 5.80. The van der Waals surface area contributed by atoms with Crippen LogP contribution in [0.15, 0.2) is 33.6 Å². The first-order valence-corrected chi connectivity index (χ1v) is 8.08. The van der Waals surface area contributed by atoms with E-state index >= 15 is 0 Å². The van der Waals surface area contributed by atoms with E-state index in [2.05, 4.69) is 26.0 Å². The largest absolute Gasteiger partial charge is 0.353 e. The fourth-order valence-electron chi connectivity index (χ4n) is 1.38. The Balaban J connectivity index is 2.80. The standard InChI is InChI=1S/C12H17BrN2O3S/c1-8(2)14-12(16)9(3)15-19(17,18)11-6-4-10(13)5-7-11/h4-9,15H,1-3H3,(H,14,16)/t9-/m0/s1. The Morgan fingerprint density at radius 1 is 1.16 bits per heavy atom. The van der Waals surface area contributed by atoms with Crippen molar-refractivity contribution in [2.45, 2.75) is 37.8 Å². The molecule has 1 atom stereocenters. The van der Waals surface area contributed by atoms with Crippen LogP contribution in [0.25, 0.3) is 0 Å². The second-order valence-corrected chi connectivity index (χ2v) is 7.09. The number of sulfonamides is 1. The molecule has 0 unspecified atom stereocenters. The smallest absolute Gasteiger partial charge is 0.241 e. The van der Waals surface area contributed by atoms with Gasteiger partial charge in [0.15, 0.2) is 0 Å². The molecule has 5 nitrogen and oxygen atoms in total. The van der Waals surface area contributed by atoms with Crippen LogP contribution in [-0.2, 0) is 14.8 Å². The van der Waals surface area contributed by atoms with Crippen LogP contribution in [0.3, 0.4) is 0 Å². The number of carbonyl (C=O) groups excluding carboxylic acids is 1. The van der Waals surface area contributed by atoms with Crippen LogP contribution in [0.1, 0.15) is 20.8 Å². The number of rotatable bonds is 5. The maximum atomic E-state index is 12.0. The summed E-state index contributed by atoms with van der Waals surface area (Å²) in [5.74, 6) is -0.351. The summed E-state index contributed by atoms with van der Waals surface area (Å²) in [6, 6.07) is 5.35. The van der Waals surface area contributed by atoms with Crippen LogP contribution in [0.2, 0.25) is 0 Å². The molecule has 1 aromatic carbocycles. The third-order valence-corrected chi connectivity index (χ3v) is 4.37. The van der Waals surface area contributed by atoms with Crippen LogP contribution >= 0.6 is 15.9 Å². The summed E-state index contributed by atoms with van der Waals surface area (Å²) in [6.07, 6.45) is 0. The predicted octanol–water partition coefficient (Wildman–Crippen LogP) is 1.64. The third-order valence-electron chi connectivity index (χ3n) is 2.28. The molecule has 0 aliphatic carbocycles. The van der Waals surface area contributed by atoms with E-state index in [0.29, 0.717) is 0 Å². The van der Waals surface area contributed by atoms with Gasteiger partial charge in [-0.1, -0.05) is 15.9 Å². The molecule has 0 heterocycles. The number of halogens is 1. The molecule has 0 radical (unpaired) electrons. The topological polar surface area (TPSA) is 75.3 Å². The molecule has 19 heavy (non-hydrogen) atoms. The Morgan fingerprint density at radius 3 is 2.16 bits per heavy atom. The lowest BCUT2D eigenvalue weighted by Crippen LogP contribution is -2.46. The Labute approximate surface area is 122 Å². The van der Waals surface area contributed by atoms with Crippen molar-refractivity contribution in [1.82, 2.24) is 10.0 Å². The van der Waals surface area contributed by atoms with Gasteiger partial charge in [0, 0.05) is 10.5 Å². The first kappa shape index (κ1) is 16.1. The Morgan fingerprint density at radius 2 is 1.68 bits per heavy atom. The van der Waals surface area contributed by atoms with Gasteiger partial charge in [-0.2, -0.15) is 4.72 Å². The molecule has 0 aromatic heterocycles. The first-order chi connectivity index (χ1) is 8.72. The summed E-state index contributed by atoms with van der Waals surface area (Å²) >= 11 is 3.23. The maximum Gasteiger partial charge on any atom is 0.241 e. The molecule has 1 aromatic rings. The number of hydrogen-bond acceptors (Lipinski definition) is 3. The van der Waals surface area contributed by atoms with Gasteiger partial charge in [-0.25, -0.2) is 8.42 Å². The monoisotopic (exact) mass is 348 g/mol. The third kappa shape index (κ3) is 4.93. The number of hydrogen-bond donors (Lipinski definition) is 2. The summed E-state index contributed by atoms with van der Waals surface area (Å²) in [6.45, 7) is 5.13. The number of amides is 1. The molecule has 1 amide bonds. The average molecular weight is 349 g/mol. The van der Waals surface area contributed by atoms with Gasteiger partial charge < -0.3 is 5.32 Å². The highest BCUT2D eigenvalue weighted by Gasteiger charge is 2.22. The normalized spacial score (nSPS) is 13.3. The minimum atomic E-state index is -3.69. The zero-order chi connectivity index (χ0) is 14.6. The number of benzene rings is 1. The van der Waals surface area contributed by atoms with Gasteiger partial charge in [0.1, 0.15) is 0 Å². The zero-order valence-electron chi connectivity index (χ0n) is 11.0. The van der Waals surface area contributed by atoms with E-state index in [9.17, 15) is 13.2 Å². The van der Waals surface area contributed by atoms with E-state index in [1.165, 1.54) is 19.1 Å². The van der Waals surface area contributed by atoms with E-state index in [1.807, 2.05) is 13.8 Å². The van der Waals surface area contributed by atoms with E-state index in [-0.39, 0.29) is 16.8 Å². The van der Waals surface area contributed by atoms with Crippen molar-refractivity contribution < 1.29 is 13.2 Å². The van der Waals surface area contributed by atoms with Crippen LogP contribution in [0.5, 0.6) is 0 Å². The molecule has 0 aliphatic heterocycles. The summed E-state index contributed by atoms with van der Waals surface area (Å²) in [4.78, 5) is 11.8. The van der Waals surface area contributed by atoms with Crippen molar-refractivity contribution >= 4 is 31.9 Å². The molecule has 0 aliphatic rings. The van der Waals surface area contributed by atoms with E-state index < -0.39 is 16.1 Å². The fraction of sp³-hybridized carbons (Fsp3) is 0.417. The van der Waals surface area contributed by atoms with Crippen LogP contribution < -0.4 is 10.0 Å². The van der Waals surface area contributed by atoms with Crippen LogP contribution in [0, 0.1) is 0 Å². The SMILES string of the molecule is CC(C)NC(=O)[C@H](C)NS(=O)(=O)c1ccc(Br)cc1. The molecule has 0 saturated carbocycles. The van der Waals surface area contributed by atoms with Crippen molar-refractivity contribution in [1.29, 1.82) is 0 Å². The van der Waals surface area contributed by atoms with E-state index in [4.69, 9.17) is 0 Å². The molecule has 0 bridgehead atoms. The van der Waals surface area contributed by atoms with Gasteiger partial charge in [0.25, 0.3) is 0 Å². The summed E-state index contributed by atoms with van der Waals surface area (Å²) in [5, 5.41) is 2.65. The van der Waals surface area contributed by atoms with Crippen molar-refractivity contribution in [2.75, 3.05) is 0 Å². The zero-order valence-corrected chi connectivity index (χ0v) is 13.4. The molecule has 0 fully saturated rings. The minimum absolute atomic E-state index is 0.0351. The highest BCUT2D eigenvalue weighted by atomic mass is 79.9. The molecule has 2 N–H and O–H groups in total. The van der Waals surface area contributed by atoms with Gasteiger partial charge in [-0.3, -0.25) is 4.79 Å². The van der Waals surface area contributed by atoms with Crippen molar-refractivity contribution in [3.05, 3.63) is 28.7 Å². The Hall–Kier alpha value is -0.920. The van der Waals surface area contributed by atoms with Gasteiger partial charge in [-0.05, 0) is 45.0 Å². The van der Waals surface area contributed by atoms with E-state index in [1.54, 1.807) is 12.1 Å². The van der Waals surface area contributed by atoms with Crippen LogP contribution in [0.4, 0.5) is 0 Å². The highest BCUT2D eigenvalue weighted by Crippen LogP contribution is 2.14. The lowest BCUT2D eigenvalue weighted by atomic mass is 10.3. The van der Waals surface area contributed by atoms with Gasteiger partial charge in [0.2, 0.25) is 15.9 Å². The Bertz CT molecular complexity index is 541. The molecular weight excluding hydrogens is 332 g/mol. The predicted molar refractivity (Wildman–Crippen MR) is 77.2 cm³/mol. The Kier molecular flexibility index (Phi) is 5.51. The molecule has 7 heteroatoms. The summed E-state index contributed by atoms with van der Waals surface area (Å²) in [5.41, 5.74) is 0. The fourth-order valence-corrected chi connectivity index (χ4v) is 2.84. The molecule has 0 spiro atoms. The van der Waals surface area contributed by atoms with Crippen molar-refractivity contribution in [3.8, 4) is 0 Å². The van der Waals surface area contributed by atoms with Gasteiger partial charge >= 0.3 is 0 Å². The second kappa shape index (κ2) is 6.49. The van der Waals surface area contributed by atoms with Gasteiger partial charge in [-0.15, -0.1) is 0 Å². The van der Waals surface area contributed by atoms with Crippen LogP contribution in [-0.4, -0.2) is 26.4 Å². The summed E-state index contributed by atoms with van der Waals surface area (Å²) in [7, 11) is -3.69. The highest BCUT2D eigenvalue weighted by molar-refractivity contribution is 9.10. The minimum Gasteiger partial charge on any atom is -0.353 e. The maximum absolute atomic E-state index is 12.0. The lowest BCUT2D eigenvalue weighted by Gasteiger charge is -2.16. The lowest BCUT2D eigenvalue weighted by molar-refractivity contribution is -0.122. The molecule has 0 saturated heterocycles. The quantitative estimate of drug-likeness (QED) is 0.849. The average Bonchev–Trinajstić information content (AvgIpc) is 2.27. The number of nitrogens with one attached hydrogen (secondary N) is 2. The van der Waals surface area contributed by atoms with Gasteiger partial charge in [0.05, 0.1) is 10.9 Å². The second-order valence-electron chi connectivity index (χ2n) is 4.46. The van der Waals surface area contributed by atoms with Crippen molar-refractivity contribution in [3.63, 3.8) is 0 Å². The number of carbonyl (C=O) groups is 1. The molecule has 1 rings (SSSR count). The molecular formula is C12H17BrN2O3S.